The first-order valence-corrected chi connectivity index (χ1v) is 6.72. The van der Waals surface area contributed by atoms with Gasteiger partial charge in [0.25, 0.3) is 0 Å². The molecule has 0 aliphatic heterocycles. The van der Waals surface area contributed by atoms with E-state index < -0.39 is 0 Å². The Balaban J connectivity index is 2.19. The fourth-order valence-electron chi connectivity index (χ4n) is 2.37. The van der Waals surface area contributed by atoms with E-state index in [-0.39, 0.29) is 6.10 Å². The van der Waals surface area contributed by atoms with E-state index in [0.29, 0.717) is 23.7 Å². The second-order valence-electron chi connectivity index (χ2n) is 4.60. The fraction of sp³-hybridized carbons (Fsp3) is 0.533. The third-order valence-corrected chi connectivity index (χ3v) is 3.27. The maximum absolute atomic E-state index is 11.1. The summed E-state index contributed by atoms with van der Waals surface area (Å²) in [5.41, 5.74) is 0.575. The molecule has 3 nitrogen and oxygen atoms in total. The van der Waals surface area contributed by atoms with E-state index in [0.717, 1.165) is 19.1 Å². The van der Waals surface area contributed by atoms with Crippen molar-refractivity contribution in [3.63, 3.8) is 0 Å². The largest absolute Gasteiger partial charge is 0.490 e. The quantitative estimate of drug-likeness (QED) is 0.747. The zero-order valence-corrected chi connectivity index (χ0v) is 10.9. The molecule has 18 heavy (non-hydrogen) atoms. The lowest BCUT2D eigenvalue weighted by molar-refractivity contribution is 0.110. The van der Waals surface area contributed by atoms with E-state index >= 15 is 0 Å². The van der Waals surface area contributed by atoms with Gasteiger partial charge in [-0.3, -0.25) is 4.79 Å². The molecule has 1 aromatic rings. The van der Waals surface area contributed by atoms with Crippen molar-refractivity contribution in [3.05, 3.63) is 23.8 Å². The summed E-state index contributed by atoms with van der Waals surface area (Å²) in [4.78, 5) is 11.1. The summed E-state index contributed by atoms with van der Waals surface area (Å²) >= 11 is 0. The fourth-order valence-corrected chi connectivity index (χ4v) is 2.37. The predicted molar refractivity (Wildman–Crippen MR) is 70.5 cm³/mol. The van der Waals surface area contributed by atoms with Crippen molar-refractivity contribution in [1.29, 1.82) is 0 Å². The molecule has 0 radical (unpaired) electrons. The van der Waals surface area contributed by atoms with Crippen LogP contribution in [-0.4, -0.2) is 19.0 Å². The number of carbonyl (C=O) groups is 1. The highest BCUT2D eigenvalue weighted by atomic mass is 16.5. The number of benzene rings is 1. The number of hydrogen-bond donors (Lipinski definition) is 0. The Morgan fingerprint density at radius 1 is 1.28 bits per heavy atom. The molecule has 1 saturated carbocycles. The van der Waals surface area contributed by atoms with Gasteiger partial charge in [0.1, 0.15) is 0 Å². The van der Waals surface area contributed by atoms with E-state index in [1.165, 1.54) is 19.3 Å². The number of carbonyl (C=O) groups excluding carboxylic acids is 1. The molecule has 0 heterocycles. The summed E-state index contributed by atoms with van der Waals surface area (Å²) in [6.45, 7) is 2.50. The molecule has 1 aromatic carbocycles. The van der Waals surface area contributed by atoms with Gasteiger partial charge in [-0.25, -0.2) is 0 Å². The highest BCUT2D eigenvalue weighted by molar-refractivity contribution is 5.81. The molecule has 0 atom stereocenters. The van der Waals surface area contributed by atoms with E-state index in [2.05, 4.69) is 0 Å². The van der Waals surface area contributed by atoms with E-state index in [1.54, 1.807) is 6.07 Å². The van der Waals surface area contributed by atoms with Crippen molar-refractivity contribution >= 4 is 6.29 Å². The molecule has 98 valence electrons. The second kappa shape index (κ2) is 6.43. The molecular formula is C15H20O3. The van der Waals surface area contributed by atoms with Crippen LogP contribution in [0.1, 0.15) is 49.4 Å². The zero-order valence-electron chi connectivity index (χ0n) is 10.9. The molecular weight excluding hydrogens is 228 g/mol. The van der Waals surface area contributed by atoms with Gasteiger partial charge in [0.05, 0.1) is 18.3 Å². The van der Waals surface area contributed by atoms with Crippen LogP contribution in [0, 0.1) is 0 Å². The first-order chi connectivity index (χ1) is 8.85. The Labute approximate surface area is 108 Å². The molecule has 0 saturated heterocycles. The summed E-state index contributed by atoms with van der Waals surface area (Å²) in [6, 6.07) is 5.45. The molecule has 0 aromatic heterocycles. The lowest BCUT2D eigenvalue weighted by Crippen LogP contribution is -2.20. The highest BCUT2D eigenvalue weighted by Gasteiger charge is 2.19. The molecule has 1 aliphatic rings. The smallest absolute Gasteiger partial charge is 0.172 e. The van der Waals surface area contributed by atoms with Crippen molar-refractivity contribution in [2.45, 2.75) is 45.1 Å². The Morgan fingerprint density at radius 3 is 2.72 bits per heavy atom. The van der Waals surface area contributed by atoms with Crippen LogP contribution in [-0.2, 0) is 0 Å². The number of aldehydes is 1. The van der Waals surface area contributed by atoms with Gasteiger partial charge in [-0.15, -0.1) is 0 Å². The van der Waals surface area contributed by atoms with E-state index in [9.17, 15) is 4.79 Å². The van der Waals surface area contributed by atoms with Crippen molar-refractivity contribution in [1.82, 2.24) is 0 Å². The maximum Gasteiger partial charge on any atom is 0.172 e. The lowest BCUT2D eigenvalue weighted by atomic mass is 9.97. The highest BCUT2D eigenvalue weighted by Crippen LogP contribution is 2.33. The molecule has 1 aliphatic carbocycles. The van der Waals surface area contributed by atoms with Crippen LogP contribution >= 0.6 is 0 Å². The molecule has 0 N–H and O–H groups in total. The first kappa shape index (κ1) is 12.9. The van der Waals surface area contributed by atoms with Crippen molar-refractivity contribution in [2.75, 3.05) is 6.61 Å². The van der Waals surface area contributed by atoms with Gasteiger partial charge in [0, 0.05) is 0 Å². The minimum Gasteiger partial charge on any atom is -0.490 e. The molecule has 2 rings (SSSR count). The Kier molecular flexibility index (Phi) is 4.62. The van der Waals surface area contributed by atoms with Gasteiger partial charge in [-0.2, -0.15) is 0 Å². The average molecular weight is 248 g/mol. The van der Waals surface area contributed by atoms with Gasteiger partial charge in [0.2, 0.25) is 0 Å². The third-order valence-electron chi connectivity index (χ3n) is 3.27. The summed E-state index contributed by atoms with van der Waals surface area (Å²) in [5, 5.41) is 0. The molecule has 3 heteroatoms. The molecule has 0 spiro atoms. The first-order valence-electron chi connectivity index (χ1n) is 6.72. The SMILES string of the molecule is CCOc1cccc(C=O)c1OC1CCCCC1. The van der Waals surface area contributed by atoms with Gasteiger partial charge < -0.3 is 9.47 Å². The summed E-state index contributed by atoms with van der Waals surface area (Å²) in [7, 11) is 0. The van der Waals surface area contributed by atoms with Crippen LogP contribution in [0.2, 0.25) is 0 Å². The minimum absolute atomic E-state index is 0.221. The third kappa shape index (κ3) is 3.03. The van der Waals surface area contributed by atoms with Gasteiger partial charge in [-0.05, 0) is 44.7 Å². The Morgan fingerprint density at radius 2 is 2.06 bits per heavy atom. The lowest BCUT2D eigenvalue weighted by Gasteiger charge is -2.24. The van der Waals surface area contributed by atoms with Gasteiger partial charge in [-0.1, -0.05) is 12.5 Å². The van der Waals surface area contributed by atoms with Crippen LogP contribution in [0.5, 0.6) is 11.5 Å². The van der Waals surface area contributed by atoms with Crippen molar-refractivity contribution in [3.8, 4) is 11.5 Å². The van der Waals surface area contributed by atoms with Crippen molar-refractivity contribution < 1.29 is 14.3 Å². The van der Waals surface area contributed by atoms with Gasteiger partial charge in [0.15, 0.2) is 17.8 Å². The number of rotatable bonds is 5. The Hall–Kier alpha value is -1.51. The minimum atomic E-state index is 0.221. The average Bonchev–Trinajstić information content (AvgIpc) is 2.42. The number of hydrogen-bond acceptors (Lipinski definition) is 3. The van der Waals surface area contributed by atoms with Crippen LogP contribution in [0.25, 0.3) is 0 Å². The van der Waals surface area contributed by atoms with Crippen LogP contribution in [0.4, 0.5) is 0 Å². The van der Waals surface area contributed by atoms with Crippen molar-refractivity contribution in [2.24, 2.45) is 0 Å². The monoisotopic (exact) mass is 248 g/mol. The zero-order chi connectivity index (χ0) is 12.8. The van der Waals surface area contributed by atoms with Crippen LogP contribution in [0.15, 0.2) is 18.2 Å². The molecule has 0 bridgehead atoms. The standard InChI is InChI=1S/C15H20O3/c1-2-17-14-10-6-7-12(11-16)15(14)18-13-8-4-3-5-9-13/h6-7,10-11,13H,2-5,8-9H2,1H3. The molecule has 0 amide bonds. The normalized spacial score (nSPS) is 16.3. The summed E-state index contributed by atoms with van der Waals surface area (Å²) in [5.74, 6) is 1.29. The maximum atomic E-state index is 11.1. The van der Waals surface area contributed by atoms with Gasteiger partial charge >= 0.3 is 0 Å². The summed E-state index contributed by atoms with van der Waals surface area (Å²) < 4.78 is 11.5. The Bertz CT molecular complexity index is 395. The predicted octanol–water partition coefficient (Wildman–Crippen LogP) is 3.61. The number of para-hydroxylation sites is 1. The van der Waals surface area contributed by atoms with Crippen LogP contribution < -0.4 is 9.47 Å². The van der Waals surface area contributed by atoms with E-state index in [4.69, 9.17) is 9.47 Å². The van der Waals surface area contributed by atoms with Crippen LogP contribution in [0.3, 0.4) is 0 Å². The molecule has 0 unspecified atom stereocenters. The number of ether oxygens (including phenoxy) is 2. The summed E-state index contributed by atoms with van der Waals surface area (Å²) in [6.07, 6.45) is 6.89. The topological polar surface area (TPSA) is 35.5 Å². The molecule has 1 fully saturated rings. The van der Waals surface area contributed by atoms with E-state index in [1.807, 2.05) is 19.1 Å². The second-order valence-corrected chi connectivity index (χ2v) is 4.60.